The summed E-state index contributed by atoms with van der Waals surface area (Å²) >= 11 is 6.69. The van der Waals surface area contributed by atoms with Crippen LogP contribution in [0, 0.1) is 13.8 Å². The summed E-state index contributed by atoms with van der Waals surface area (Å²) in [5, 5.41) is 9.45. The highest BCUT2D eigenvalue weighted by atomic mass is 35.5. The SMILES string of the molecule is COc1cc(Nc2ncc(C(=O)Nc3c(C)cccc3C)c(Oc3ccc(C(=O)NC4CCCC4)cc3Cl)n2)cc(OCCCN2CCN(C)CC2)c1OC. The first-order valence-electron chi connectivity index (χ1n) is 18.7. The van der Waals surface area contributed by atoms with Crippen LogP contribution < -0.4 is 34.9 Å². The largest absolute Gasteiger partial charge is 0.493 e. The number of nitrogens with one attached hydrogen (secondary N) is 3. The molecule has 0 unspecified atom stereocenters. The van der Waals surface area contributed by atoms with Gasteiger partial charge in [-0.2, -0.15) is 4.98 Å². The fourth-order valence-electron chi connectivity index (χ4n) is 6.80. The molecule has 0 bridgehead atoms. The molecule has 0 atom stereocenters. The molecule has 1 aromatic heterocycles. The molecule has 1 aliphatic heterocycles. The Bertz CT molecular complexity index is 1960. The zero-order chi connectivity index (χ0) is 38.9. The van der Waals surface area contributed by atoms with Crippen molar-refractivity contribution in [2.45, 2.75) is 52.0 Å². The minimum absolute atomic E-state index is 0.0489. The zero-order valence-corrected chi connectivity index (χ0v) is 32.9. The van der Waals surface area contributed by atoms with Crippen LogP contribution in [0.3, 0.4) is 0 Å². The second-order valence-electron chi connectivity index (χ2n) is 14.0. The lowest BCUT2D eigenvalue weighted by molar-refractivity contribution is 0.0937. The number of aryl methyl sites for hydroxylation is 2. The van der Waals surface area contributed by atoms with Gasteiger partial charge in [-0.25, -0.2) is 4.98 Å². The lowest BCUT2D eigenvalue weighted by Gasteiger charge is -2.32. The molecule has 0 spiro atoms. The number of hydrogen-bond acceptors (Lipinski definition) is 11. The first-order valence-corrected chi connectivity index (χ1v) is 19.1. The Morgan fingerprint density at radius 2 is 1.64 bits per heavy atom. The molecule has 1 saturated carbocycles. The fourth-order valence-corrected chi connectivity index (χ4v) is 7.02. The molecule has 14 heteroatoms. The van der Waals surface area contributed by atoms with E-state index in [1.54, 1.807) is 44.6 Å². The summed E-state index contributed by atoms with van der Waals surface area (Å²) in [6, 6.07) is 14.2. The van der Waals surface area contributed by atoms with E-state index in [-0.39, 0.29) is 40.1 Å². The summed E-state index contributed by atoms with van der Waals surface area (Å²) in [7, 11) is 5.27. The molecular formula is C41H50ClN7O6. The maximum absolute atomic E-state index is 13.8. The Morgan fingerprint density at radius 3 is 2.33 bits per heavy atom. The van der Waals surface area contributed by atoms with Crippen molar-refractivity contribution in [2.75, 3.05) is 71.2 Å². The summed E-state index contributed by atoms with van der Waals surface area (Å²) in [6.07, 6.45) is 6.37. The van der Waals surface area contributed by atoms with Crippen molar-refractivity contribution in [1.29, 1.82) is 0 Å². The zero-order valence-electron chi connectivity index (χ0n) is 32.2. The van der Waals surface area contributed by atoms with E-state index in [2.05, 4.69) is 42.8 Å². The lowest BCUT2D eigenvalue weighted by Crippen LogP contribution is -2.44. The Labute approximate surface area is 327 Å². The molecule has 6 rings (SSSR count). The van der Waals surface area contributed by atoms with E-state index >= 15 is 0 Å². The normalized spacial score (nSPS) is 15.0. The third kappa shape index (κ3) is 10.2. The number of carbonyl (C=O) groups is 2. The van der Waals surface area contributed by atoms with E-state index in [9.17, 15) is 9.59 Å². The predicted molar refractivity (Wildman–Crippen MR) is 214 cm³/mol. The van der Waals surface area contributed by atoms with E-state index in [0.717, 1.165) is 76.0 Å². The molecule has 55 heavy (non-hydrogen) atoms. The summed E-state index contributed by atoms with van der Waals surface area (Å²) in [5.74, 6) is 1.04. The van der Waals surface area contributed by atoms with Crippen molar-refractivity contribution in [3.8, 4) is 28.9 Å². The van der Waals surface area contributed by atoms with Crippen molar-refractivity contribution in [1.82, 2.24) is 25.1 Å². The standard InChI is InChI=1S/C41H50ClN7O6/c1-26-10-8-11-27(2)36(26)46-39(51)31-25-43-41(47-40(31)55-33-15-14-28(22-32(33)42)38(50)44-29-12-6-7-13-29)45-30-23-34(52-4)37(53-5)35(24-30)54-21-9-16-49-19-17-48(3)18-20-49/h8,10-11,14-15,22-25,29H,6-7,9,12-13,16-21H2,1-5H3,(H,44,50)(H,46,51)(H,43,45,47). The number of likely N-dealkylation sites (N-methyl/N-ethyl adjacent to an activating group) is 1. The van der Waals surface area contributed by atoms with E-state index < -0.39 is 5.91 Å². The number of amides is 2. The molecule has 1 aliphatic carbocycles. The lowest BCUT2D eigenvalue weighted by atomic mass is 10.1. The number of anilines is 3. The van der Waals surface area contributed by atoms with Crippen LogP contribution in [0.25, 0.3) is 0 Å². The minimum Gasteiger partial charge on any atom is -0.493 e. The monoisotopic (exact) mass is 771 g/mol. The Morgan fingerprint density at radius 1 is 0.909 bits per heavy atom. The summed E-state index contributed by atoms with van der Waals surface area (Å²) in [5.41, 5.74) is 3.52. The third-order valence-electron chi connectivity index (χ3n) is 9.98. The van der Waals surface area contributed by atoms with E-state index in [1.807, 2.05) is 32.0 Å². The van der Waals surface area contributed by atoms with Gasteiger partial charge >= 0.3 is 0 Å². The van der Waals surface area contributed by atoms with Crippen molar-refractivity contribution < 1.29 is 28.5 Å². The summed E-state index contributed by atoms with van der Waals surface area (Å²) < 4.78 is 23.8. The van der Waals surface area contributed by atoms with Gasteiger partial charge in [0.25, 0.3) is 11.8 Å². The number of para-hydroxylation sites is 1. The number of piperazine rings is 1. The van der Waals surface area contributed by atoms with Gasteiger partial charge in [0.05, 0.1) is 25.8 Å². The first kappa shape index (κ1) is 39.6. The van der Waals surface area contributed by atoms with E-state index in [0.29, 0.717) is 40.8 Å². The number of carbonyl (C=O) groups excluding carboxylic acids is 2. The van der Waals surface area contributed by atoms with Crippen LogP contribution in [0.2, 0.25) is 5.02 Å². The van der Waals surface area contributed by atoms with Gasteiger partial charge in [0, 0.05) is 74.0 Å². The highest BCUT2D eigenvalue weighted by molar-refractivity contribution is 6.32. The average molecular weight is 772 g/mol. The molecule has 292 valence electrons. The number of nitrogens with zero attached hydrogens (tertiary/aromatic N) is 4. The number of halogens is 1. The molecular weight excluding hydrogens is 722 g/mol. The molecule has 2 heterocycles. The number of rotatable bonds is 15. The number of ether oxygens (including phenoxy) is 4. The maximum atomic E-state index is 13.8. The van der Waals surface area contributed by atoms with Gasteiger partial charge in [-0.3, -0.25) is 9.59 Å². The number of hydrogen-bond donors (Lipinski definition) is 3. The van der Waals surface area contributed by atoms with Crippen molar-refractivity contribution in [2.24, 2.45) is 0 Å². The van der Waals surface area contributed by atoms with Gasteiger partial charge in [0.15, 0.2) is 11.5 Å². The van der Waals surface area contributed by atoms with Gasteiger partial charge < -0.3 is 44.7 Å². The maximum Gasteiger partial charge on any atom is 0.262 e. The fraction of sp³-hybridized carbons (Fsp3) is 0.415. The van der Waals surface area contributed by atoms with Gasteiger partial charge in [0.1, 0.15) is 11.3 Å². The van der Waals surface area contributed by atoms with Crippen LogP contribution in [-0.4, -0.2) is 98.2 Å². The predicted octanol–water partition coefficient (Wildman–Crippen LogP) is 7.24. The van der Waals surface area contributed by atoms with E-state index in [4.69, 9.17) is 30.5 Å². The van der Waals surface area contributed by atoms with Gasteiger partial charge in [-0.05, 0) is 69.5 Å². The number of methoxy groups -OCH3 is 2. The van der Waals surface area contributed by atoms with Gasteiger partial charge in [-0.15, -0.1) is 0 Å². The Hall–Kier alpha value is -5.11. The molecule has 13 nitrogen and oxygen atoms in total. The quantitative estimate of drug-likeness (QED) is 0.105. The molecule has 2 fully saturated rings. The molecule has 3 N–H and O–H groups in total. The Balaban J connectivity index is 1.24. The average Bonchev–Trinajstić information content (AvgIpc) is 3.69. The molecule has 3 aromatic carbocycles. The third-order valence-corrected chi connectivity index (χ3v) is 10.3. The second-order valence-corrected chi connectivity index (χ2v) is 14.4. The van der Waals surface area contributed by atoms with E-state index in [1.165, 1.54) is 6.20 Å². The van der Waals surface area contributed by atoms with Crippen LogP contribution in [0.5, 0.6) is 28.9 Å². The number of aromatic nitrogens is 2. The molecule has 2 aliphatic rings. The number of benzene rings is 3. The minimum atomic E-state index is -0.471. The van der Waals surface area contributed by atoms with Crippen LogP contribution in [-0.2, 0) is 0 Å². The second kappa shape index (κ2) is 18.5. The molecule has 4 aromatic rings. The topological polar surface area (TPSA) is 139 Å². The van der Waals surface area contributed by atoms with Crippen molar-refractivity contribution in [3.05, 3.63) is 82.0 Å². The van der Waals surface area contributed by atoms with Crippen molar-refractivity contribution in [3.63, 3.8) is 0 Å². The summed E-state index contributed by atoms with van der Waals surface area (Å²) in [6.45, 7) is 9.46. The van der Waals surface area contributed by atoms with Gasteiger partial charge in [0.2, 0.25) is 17.6 Å². The van der Waals surface area contributed by atoms with Crippen LogP contribution in [0.1, 0.15) is 63.9 Å². The molecule has 1 saturated heterocycles. The van der Waals surface area contributed by atoms with Crippen molar-refractivity contribution >= 4 is 40.7 Å². The van der Waals surface area contributed by atoms with Gasteiger partial charge in [-0.1, -0.05) is 42.6 Å². The molecule has 2 amide bonds. The van der Waals surface area contributed by atoms with Crippen LogP contribution in [0.4, 0.5) is 17.3 Å². The Kier molecular flexibility index (Phi) is 13.3. The molecule has 0 radical (unpaired) electrons. The highest BCUT2D eigenvalue weighted by Crippen LogP contribution is 2.41. The van der Waals surface area contributed by atoms with Crippen LogP contribution in [0.15, 0.2) is 54.7 Å². The summed E-state index contributed by atoms with van der Waals surface area (Å²) in [4.78, 5) is 40.6. The highest BCUT2D eigenvalue weighted by Gasteiger charge is 2.23. The van der Waals surface area contributed by atoms with Crippen LogP contribution >= 0.6 is 11.6 Å². The first-order chi connectivity index (χ1) is 26.6. The smallest absolute Gasteiger partial charge is 0.262 e.